The van der Waals surface area contributed by atoms with Gasteiger partial charge >= 0.3 is 5.97 Å². The molecular formula is C15H21NO4. The lowest BCUT2D eigenvalue weighted by Gasteiger charge is -2.13. The monoisotopic (exact) mass is 279 g/mol. The van der Waals surface area contributed by atoms with Crippen molar-refractivity contribution in [2.24, 2.45) is 0 Å². The minimum absolute atomic E-state index is 0.135. The Kier molecular flexibility index (Phi) is 7.35. The van der Waals surface area contributed by atoms with Crippen LogP contribution in [-0.4, -0.2) is 29.6 Å². The Balaban J connectivity index is 2.14. The number of ether oxygens (including phenoxy) is 1. The Bertz CT molecular complexity index is 419. The predicted molar refractivity (Wildman–Crippen MR) is 75.2 cm³/mol. The molecule has 1 rings (SSSR count). The molecule has 1 unspecified atom stereocenters. The third-order valence-electron chi connectivity index (χ3n) is 2.83. The van der Waals surface area contributed by atoms with E-state index < -0.39 is 12.1 Å². The topological polar surface area (TPSA) is 75.6 Å². The van der Waals surface area contributed by atoms with Gasteiger partial charge in [0.1, 0.15) is 6.10 Å². The van der Waals surface area contributed by atoms with Crippen molar-refractivity contribution < 1.29 is 19.4 Å². The van der Waals surface area contributed by atoms with Crippen LogP contribution in [0.3, 0.4) is 0 Å². The van der Waals surface area contributed by atoms with Crippen molar-refractivity contribution >= 4 is 11.9 Å². The summed E-state index contributed by atoms with van der Waals surface area (Å²) in [7, 11) is 0. The van der Waals surface area contributed by atoms with Gasteiger partial charge in [0.15, 0.2) is 0 Å². The molecule has 0 fully saturated rings. The van der Waals surface area contributed by atoms with Gasteiger partial charge in [-0.05, 0) is 25.3 Å². The molecule has 0 aliphatic rings. The first kappa shape index (κ1) is 16.2. The lowest BCUT2D eigenvalue weighted by Crippen LogP contribution is -2.35. The number of unbranched alkanes of at least 4 members (excludes halogenated alkanes) is 1. The molecule has 0 saturated carbocycles. The normalized spacial score (nSPS) is 11.8. The maximum Gasteiger partial charge on any atom is 0.303 e. The zero-order chi connectivity index (χ0) is 14.8. The third-order valence-corrected chi connectivity index (χ3v) is 2.83. The zero-order valence-electron chi connectivity index (χ0n) is 11.7. The average Bonchev–Trinajstić information content (AvgIpc) is 2.45. The van der Waals surface area contributed by atoms with Crippen molar-refractivity contribution in [3.8, 4) is 0 Å². The molecule has 2 N–H and O–H groups in total. The summed E-state index contributed by atoms with van der Waals surface area (Å²) in [5, 5.41) is 11.2. The first-order valence-electron chi connectivity index (χ1n) is 6.74. The van der Waals surface area contributed by atoms with Crippen LogP contribution in [0.4, 0.5) is 0 Å². The average molecular weight is 279 g/mol. The summed E-state index contributed by atoms with van der Waals surface area (Å²) < 4.78 is 5.48. The fourth-order valence-corrected chi connectivity index (χ4v) is 1.63. The Morgan fingerprint density at radius 2 is 1.95 bits per heavy atom. The van der Waals surface area contributed by atoms with Gasteiger partial charge in [0, 0.05) is 13.0 Å². The van der Waals surface area contributed by atoms with Gasteiger partial charge in [-0.2, -0.15) is 0 Å². The van der Waals surface area contributed by atoms with Gasteiger partial charge in [-0.15, -0.1) is 0 Å². The maximum atomic E-state index is 11.7. The minimum Gasteiger partial charge on any atom is -0.481 e. The highest BCUT2D eigenvalue weighted by molar-refractivity contribution is 5.80. The second kappa shape index (κ2) is 9.09. The number of carboxylic acids is 1. The molecule has 0 aliphatic carbocycles. The summed E-state index contributed by atoms with van der Waals surface area (Å²) in [6.07, 6.45) is 0.837. The summed E-state index contributed by atoms with van der Waals surface area (Å²) >= 11 is 0. The minimum atomic E-state index is -0.809. The molecule has 1 amide bonds. The van der Waals surface area contributed by atoms with Crippen LogP contribution in [-0.2, 0) is 20.9 Å². The standard InChI is InChI=1S/C15H21NO4/c1-12(20-11-13-7-3-2-4-8-13)15(19)16-10-6-5-9-14(17)18/h2-4,7-8,12H,5-6,9-11H2,1H3,(H,16,19)(H,17,18). The Labute approximate surface area is 118 Å². The second-order valence-corrected chi connectivity index (χ2v) is 4.58. The molecule has 110 valence electrons. The highest BCUT2D eigenvalue weighted by Crippen LogP contribution is 2.03. The van der Waals surface area contributed by atoms with Crippen molar-refractivity contribution in [2.75, 3.05) is 6.54 Å². The third kappa shape index (κ3) is 6.89. The van der Waals surface area contributed by atoms with Crippen molar-refractivity contribution in [3.05, 3.63) is 35.9 Å². The van der Waals surface area contributed by atoms with Crippen molar-refractivity contribution in [1.29, 1.82) is 0 Å². The van der Waals surface area contributed by atoms with Crippen molar-refractivity contribution in [1.82, 2.24) is 5.32 Å². The number of nitrogens with one attached hydrogen (secondary N) is 1. The van der Waals surface area contributed by atoms with Crippen molar-refractivity contribution in [3.63, 3.8) is 0 Å². The molecule has 5 heteroatoms. The van der Waals surface area contributed by atoms with E-state index in [1.807, 2.05) is 30.3 Å². The fourth-order valence-electron chi connectivity index (χ4n) is 1.63. The van der Waals surface area contributed by atoms with Gasteiger partial charge in [0.05, 0.1) is 6.61 Å². The number of carbonyl (C=O) groups is 2. The number of hydrogen-bond donors (Lipinski definition) is 2. The van der Waals surface area contributed by atoms with E-state index in [0.717, 1.165) is 5.56 Å². The number of hydrogen-bond acceptors (Lipinski definition) is 3. The van der Waals surface area contributed by atoms with Crippen LogP contribution in [0.25, 0.3) is 0 Å². The predicted octanol–water partition coefficient (Wildman–Crippen LogP) is 1.96. The van der Waals surface area contributed by atoms with Gasteiger partial charge in [-0.25, -0.2) is 0 Å². The fraction of sp³-hybridized carbons (Fsp3) is 0.467. The van der Waals surface area contributed by atoms with Crippen LogP contribution >= 0.6 is 0 Å². The Morgan fingerprint density at radius 3 is 2.60 bits per heavy atom. The molecule has 0 spiro atoms. The lowest BCUT2D eigenvalue weighted by atomic mass is 10.2. The summed E-state index contributed by atoms with van der Waals surface area (Å²) in [4.78, 5) is 22.0. The number of amides is 1. The SMILES string of the molecule is CC(OCc1ccccc1)C(=O)NCCCCC(=O)O. The van der Waals surface area contributed by atoms with Crippen LogP contribution in [0, 0.1) is 0 Å². The molecule has 20 heavy (non-hydrogen) atoms. The van der Waals surface area contributed by atoms with E-state index >= 15 is 0 Å². The first-order valence-corrected chi connectivity index (χ1v) is 6.74. The number of rotatable bonds is 9. The number of carboxylic acid groups (broad SMARTS) is 1. The molecule has 0 aliphatic heterocycles. The van der Waals surface area contributed by atoms with Gasteiger partial charge in [0.2, 0.25) is 5.91 Å². The molecule has 0 bridgehead atoms. The van der Waals surface area contributed by atoms with E-state index in [2.05, 4.69) is 5.32 Å². The molecule has 0 radical (unpaired) electrons. The lowest BCUT2D eigenvalue weighted by molar-refractivity contribution is -0.137. The summed E-state index contributed by atoms with van der Waals surface area (Å²) in [6, 6.07) is 9.65. The van der Waals surface area contributed by atoms with Gasteiger partial charge in [0.25, 0.3) is 0 Å². The van der Waals surface area contributed by atoms with E-state index in [1.165, 1.54) is 0 Å². The van der Waals surface area contributed by atoms with E-state index in [9.17, 15) is 9.59 Å². The molecule has 5 nitrogen and oxygen atoms in total. The molecule has 1 atom stereocenters. The maximum absolute atomic E-state index is 11.7. The van der Waals surface area contributed by atoms with E-state index in [0.29, 0.717) is 26.0 Å². The molecule has 0 saturated heterocycles. The van der Waals surface area contributed by atoms with Gasteiger partial charge in [-0.1, -0.05) is 30.3 Å². The zero-order valence-corrected chi connectivity index (χ0v) is 11.7. The molecule has 1 aromatic rings. The van der Waals surface area contributed by atoms with Gasteiger partial charge in [-0.3, -0.25) is 9.59 Å². The Hall–Kier alpha value is -1.88. The summed E-state index contributed by atoms with van der Waals surface area (Å²) in [5.41, 5.74) is 1.02. The smallest absolute Gasteiger partial charge is 0.303 e. The molecule has 1 aromatic carbocycles. The summed E-state index contributed by atoms with van der Waals surface area (Å²) in [5.74, 6) is -0.979. The Morgan fingerprint density at radius 1 is 1.25 bits per heavy atom. The first-order chi connectivity index (χ1) is 9.59. The molecular weight excluding hydrogens is 258 g/mol. The van der Waals surface area contributed by atoms with Crippen LogP contribution in [0.2, 0.25) is 0 Å². The quantitative estimate of drug-likeness (QED) is 0.678. The van der Waals surface area contributed by atoms with E-state index in [-0.39, 0.29) is 12.3 Å². The molecule has 0 aromatic heterocycles. The number of aliphatic carboxylic acids is 1. The van der Waals surface area contributed by atoms with Crippen LogP contribution in [0.15, 0.2) is 30.3 Å². The highest BCUT2D eigenvalue weighted by Gasteiger charge is 2.12. The van der Waals surface area contributed by atoms with Crippen LogP contribution < -0.4 is 5.32 Å². The number of carbonyl (C=O) groups excluding carboxylic acids is 1. The number of benzene rings is 1. The highest BCUT2D eigenvalue weighted by atomic mass is 16.5. The van der Waals surface area contributed by atoms with Crippen LogP contribution in [0.1, 0.15) is 31.7 Å². The molecule has 0 heterocycles. The van der Waals surface area contributed by atoms with E-state index in [4.69, 9.17) is 9.84 Å². The van der Waals surface area contributed by atoms with Crippen molar-refractivity contribution in [2.45, 2.75) is 38.9 Å². The summed E-state index contributed by atoms with van der Waals surface area (Å²) in [6.45, 7) is 2.58. The largest absolute Gasteiger partial charge is 0.481 e. The van der Waals surface area contributed by atoms with E-state index in [1.54, 1.807) is 6.92 Å². The second-order valence-electron chi connectivity index (χ2n) is 4.58. The van der Waals surface area contributed by atoms with Crippen LogP contribution in [0.5, 0.6) is 0 Å². The van der Waals surface area contributed by atoms with Gasteiger partial charge < -0.3 is 15.2 Å².